The summed E-state index contributed by atoms with van der Waals surface area (Å²) < 4.78 is 2.33. The third-order valence-electron chi connectivity index (χ3n) is 10.8. The maximum Gasteiger partial charge on any atom is 0.138 e. The van der Waals surface area contributed by atoms with Crippen LogP contribution in [0.15, 0.2) is 194 Å². The number of fused-ring (bicyclic) bond motifs is 5. The van der Waals surface area contributed by atoms with E-state index in [0.29, 0.717) is 0 Å². The van der Waals surface area contributed by atoms with Gasteiger partial charge in [0.1, 0.15) is 11.6 Å². The van der Waals surface area contributed by atoms with Crippen molar-refractivity contribution in [3.8, 4) is 50.3 Å². The molecule has 0 unspecified atom stereocenters. The Balaban J connectivity index is 1.23. The van der Waals surface area contributed by atoms with Gasteiger partial charge in [0.25, 0.3) is 0 Å². The van der Waals surface area contributed by atoms with Crippen molar-refractivity contribution in [1.82, 2.24) is 14.5 Å². The lowest BCUT2D eigenvalue weighted by molar-refractivity contribution is 1.08. The van der Waals surface area contributed by atoms with Crippen LogP contribution in [-0.4, -0.2) is 14.5 Å². The summed E-state index contributed by atoms with van der Waals surface area (Å²) in [5, 5.41) is 4.79. The molecule has 0 bridgehead atoms. The van der Waals surface area contributed by atoms with Gasteiger partial charge in [0.2, 0.25) is 0 Å². The number of pyridine rings is 2. The molecule has 4 heterocycles. The Morgan fingerprint density at radius 2 is 0.926 bits per heavy atom. The second-order valence-electron chi connectivity index (χ2n) is 13.9. The summed E-state index contributed by atoms with van der Waals surface area (Å²) >= 11 is 0. The second kappa shape index (κ2) is 12.1. The topological polar surface area (TPSA) is 34.0 Å². The number of benzene rings is 7. The van der Waals surface area contributed by atoms with Gasteiger partial charge in [-0.15, -0.1) is 0 Å². The van der Waals surface area contributed by atoms with Crippen LogP contribution in [0.3, 0.4) is 0 Å². The lowest BCUT2D eigenvalue weighted by atomic mass is 9.90. The molecule has 4 heteroatoms. The molecule has 1 aliphatic rings. The second-order valence-corrected chi connectivity index (χ2v) is 13.9. The molecular formula is C50H32N4. The normalized spacial score (nSPS) is 12.0. The minimum absolute atomic E-state index is 0.872. The van der Waals surface area contributed by atoms with Gasteiger partial charge in [0.05, 0.1) is 22.4 Å². The minimum atomic E-state index is 0.872. The standard InChI is InChI=1S/C50H32N4/c1-4-12-33(13-5-1)37-22-23-44-41(28-37)43-31-42-40-20-10-18-36-19-11-21-45(50(36)40)54(49-30-39(25-27-52-49)35-16-8-3-9-17-35)46(42)32-47(43)53(44)48-29-38(24-26-51-48)34-14-6-2-7-15-34/h1-32H. The number of hydrogen-bond donors (Lipinski definition) is 0. The first-order valence-electron chi connectivity index (χ1n) is 18.3. The Hall–Kier alpha value is -7.30. The molecule has 11 rings (SSSR count). The molecule has 0 saturated heterocycles. The molecule has 0 atom stereocenters. The molecule has 0 radical (unpaired) electrons. The molecule has 7 aromatic carbocycles. The van der Waals surface area contributed by atoms with E-state index >= 15 is 0 Å². The van der Waals surface area contributed by atoms with E-state index in [1.807, 2.05) is 12.4 Å². The summed E-state index contributed by atoms with van der Waals surface area (Å²) in [6.07, 6.45) is 3.85. The van der Waals surface area contributed by atoms with E-state index in [4.69, 9.17) is 9.97 Å². The molecule has 0 N–H and O–H groups in total. The molecule has 252 valence electrons. The van der Waals surface area contributed by atoms with Gasteiger partial charge in [-0.25, -0.2) is 9.97 Å². The Morgan fingerprint density at radius 3 is 1.59 bits per heavy atom. The Morgan fingerprint density at radius 1 is 0.352 bits per heavy atom. The van der Waals surface area contributed by atoms with Crippen molar-refractivity contribution in [2.75, 3.05) is 4.90 Å². The van der Waals surface area contributed by atoms with Crippen LogP contribution in [0.4, 0.5) is 17.2 Å². The van der Waals surface area contributed by atoms with Gasteiger partial charge in [0, 0.05) is 34.1 Å². The average molecular weight is 689 g/mol. The van der Waals surface area contributed by atoms with E-state index in [9.17, 15) is 0 Å². The maximum atomic E-state index is 5.05. The fourth-order valence-corrected chi connectivity index (χ4v) is 8.32. The quantitative estimate of drug-likeness (QED) is 0.180. The highest BCUT2D eigenvalue weighted by molar-refractivity contribution is 6.19. The number of nitrogens with zero attached hydrogens (tertiary/aromatic N) is 4. The molecule has 1 aliphatic heterocycles. The number of anilines is 3. The predicted octanol–water partition coefficient (Wildman–Crippen LogP) is 13.2. The monoisotopic (exact) mass is 688 g/mol. The summed E-state index contributed by atoms with van der Waals surface area (Å²) in [5.74, 6) is 1.75. The van der Waals surface area contributed by atoms with Crippen LogP contribution in [-0.2, 0) is 0 Å². The van der Waals surface area contributed by atoms with Gasteiger partial charge in [-0.2, -0.15) is 0 Å². The van der Waals surface area contributed by atoms with Crippen molar-refractivity contribution in [2.45, 2.75) is 0 Å². The van der Waals surface area contributed by atoms with Crippen molar-refractivity contribution in [3.63, 3.8) is 0 Å². The first-order chi connectivity index (χ1) is 26.8. The molecule has 0 amide bonds. The van der Waals surface area contributed by atoms with Crippen molar-refractivity contribution >= 4 is 49.8 Å². The zero-order chi connectivity index (χ0) is 35.6. The predicted molar refractivity (Wildman–Crippen MR) is 224 cm³/mol. The van der Waals surface area contributed by atoms with E-state index in [1.54, 1.807) is 0 Å². The van der Waals surface area contributed by atoms with Crippen molar-refractivity contribution < 1.29 is 0 Å². The van der Waals surface area contributed by atoms with E-state index < -0.39 is 0 Å². The Labute approximate surface area is 312 Å². The summed E-state index contributed by atoms with van der Waals surface area (Å²) in [6, 6.07) is 65.1. The van der Waals surface area contributed by atoms with Gasteiger partial charge in [-0.1, -0.05) is 127 Å². The lowest BCUT2D eigenvalue weighted by Gasteiger charge is -2.33. The molecule has 0 saturated carbocycles. The smallest absolute Gasteiger partial charge is 0.138 e. The molecule has 10 aromatic rings. The molecular weight excluding hydrogens is 657 g/mol. The Kier molecular flexibility index (Phi) is 6.82. The van der Waals surface area contributed by atoms with Crippen LogP contribution < -0.4 is 4.90 Å². The molecule has 0 aliphatic carbocycles. The van der Waals surface area contributed by atoms with Gasteiger partial charge in [-0.3, -0.25) is 9.47 Å². The van der Waals surface area contributed by atoms with Crippen LogP contribution in [0.2, 0.25) is 0 Å². The van der Waals surface area contributed by atoms with E-state index in [2.05, 4.69) is 191 Å². The summed E-state index contributed by atoms with van der Waals surface area (Å²) in [7, 11) is 0. The SMILES string of the molecule is c1ccc(-c2ccnc(N3c4cc5c(cc4-c4cccc6cccc3c46)c3cc(-c4ccccc4)ccc3n5-c3cc(-c4ccccc4)ccn3)c2)cc1. The number of aromatic nitrogens is 3. The third kappa shape index (κ3) is 4.78. The number of rotatable bonds is 5. The highest BCUT2D eigenvalue weighted by atomic mass is 15.2. The zero-order valence-electron chi connectivity index (χ0n) is 29.3. The molecule has 0 fully saturated rings. The zero-order valence-corrected chi connectivity index (χ0v) is 29.3. The summed E-state index contributed by atoms with van der Waals surface area (Å²) in [4.78, 5) is 12.4. The van der Waals surface area contributed by atoms with E-state index in [1.165, 1.54) is 43.8 Å². The van der Waals surface area contributed by atoms with Crippen LogP contribution >= 0.6 is 0 Å². The van der Waals surface area contributed by atoms with Crippen LogP contribution in [0.1, 0.15) is 0 Å². The molecule has 3 aromatic heterocycles. The van der Waals surface area contributed by atoms with Crippen molar-refractivity contribution in [3.05, 3.63) is 194 Å². The maximum absolute atomic E-state index is 5.05. The van der Waals surface area contributed by atoms with Crippen LogP contribution in [0.25, 0.3) is 82.9 Å². The van der Waals surface area contributed by atoms with Crippen molar-refractivity contribution in [2.24, 2.45) is 0 Å². The van der Waals surface area contributed by atoms with Crippen LogP contribution in [0.5, 0.6) is 0 Å². The van der Waals surface area contributed by atoms with Gasteiger partial charge in [0.15, 0.2) is 0 Å². The number of hydrogen-bond acceptors (Lipinski definition) is 3. The third-order valence-corrected chi connectivity index (χ3v) is 10.8. The van der Waals surface area contributed by atoms with Gasteiger partial charge >= 0.3 is 0 Å². The van der Waals surface area contributed by atoms with Gasteiger partial charge < -0.3 is 0 Å². The van der Waals surface area contributed by atoms with Crippen molar-refractivity contribution in [1.29, 1.82) is 0 Å². The molecule has 4 nitrogen and oxygen atoms in total. The summed E-state index contributed by atoms with van der Waals surface area (Å²) in [5.41, 5.74) is 13.7. The first kappa shape index (κ1) is 30.3. The van der Waals surface area contributed by atoms with Crippen LogP contribution in [0, 0.1) is 0 Å². The van der Waals surface area contributed by atoms with Gasteiger partial charge in [-0.05, 0) is 98.9 Å². The highest BCUT2D eigenvalue weighted by Gasteiger charge is 2.29. The summed E-state index contributed by atoms with van der Waals surface area (Å²) in [6.45, 7) is 0. The van der Waals surface area contributed by atoms with E-state index in [0.717, 1.165) is 56.3 Å². The molecule has 0 spiro atoms. The molecule has 54 heavy (non-hydrogen) atoms. The first-order valence-corrected chi connectivity index (χ1v) is 18.3. The largest absolute Gasteiger partial charge is 0.294 e. The van der Waals surface area contributed by atoms with E-state index in [-0.39, 0.29) is 0 Å². The fourth-order valence-electron chi connectivity index (χ4n) is 8.32. The fraction of sp³-hybridized carbons (Fsp3) is 0. The minimum Gasteiger partial charge on any atom is -0.294 e. The Bertz CT molecular complexity index is 3030. The average Bonchev–Trinajstić information content (AvgIpc) is 3.57. The highest BCUT2D eigenvalue weighted by Crippen LogP contribution is 2.53. The lowest BCUT2D eigenvalue weighted by Crippen LogP contribution is -2.16.